The molecular formula is C22H21N5O5. The van der Waals surface area contributed by atoms with E-state index in [1.165, 1.54) is 12.5 Å². The number of hydrazone groups is 1. The van der Waals surface area contributed by atoms with Crippen LogP contribution in [0.4, 0.5) is 0 Å². The number of furan rings is 1. The molecule has 0 saturated heterocycles. The number of aromatic nitrogens is 1. The summed E-state index contributed by atoms with van der Waals surface area (Å²) >= 11 is 0. The zero-order valence-electron chi connectivity index (χ0n) is 17.0. The molecule has 164 valence electrons. The van der Waals surface area contributed by atoms with E-state index in [-0.39, 0.29) is 25.6 Å². The highest BCUT2D eigenvalue weighted by Gasteiger charge is 2.11. The third-order valence-corrected chi connectivity index (χ3v) is 4.08. The lowest BCUT2D eigenvalue weighted by Gasteiger charge is -2.07. The predicted octanol–water partition coefficient (Wildman–Crippen LogP) is 1.14. The van der Waals surface area contributed by atoms with Crippen LogP contribution < -0.4 is 20.8 Å². The van der Waals surface area contributed by atoms with Gasteiger partial charge in [0, 0.05) is 18.9 Å². The number of amides is 3. The number of ether oxygens (including phenoxy) is 1. The number of hydrogen-bond acceptors (Lipinski definition) is 7. The summed E-state index contributed by atoms with van der Waals surface area (Å²) in [6.07, 6.45) is 6.11. The molecule has 2 aromatic heterocycles. The van der Waals surface area contributed by atoms with Crippen molar-refractivity contribution in [1.29, 1.82) is 0 Å². The fourth-order valence-corrected chi connectivity index (χ4v) is 2.43. The summed E-state index contributed by atoms with van der Waals surface area (Å²) in [6.45, 7) is 0.359. The van der Waals surface area contributed by atoms with Gasteiger partial charge in [-0.2, -0.15) is 5.10 Å². The summed E-state index contributed by atoms with van der Waals surface area (Å²) in [5.41, 5.74) is 3.65. The Balaban J connectivity index is 1.36. The predicted molar refractivity (Wildman–Crippen MR) is 114 cm³/mol. The zero-order chi connectivity index (χ0) is 22.6. The molecule has 0 unspecified atom stereocenters. The van der Waals surface area contributed by atoms with Crippen LogP contribution in [0.15, 0.2) is 76.7 Å². The van der Waals surface area contributed by atoms with Crippen molar-refractivity contribution in [3.63, 3.8) is 0 Å². The van der Waals surface area contributed by atoms with Gasteiger partial charge in [0.05, 0.1) is 19.0 Å². The maximum absolute atomic E-state index is 11.8. The summed E-state index contributed by atoms with van der Waals surface area (Å²) in [7, 11) is 0. The Morgan fingerprint density at radius 3 is 2.47 bits per heavy atom. The lowest BCUT2D eigenvalue weighted by Crippen LogP contribution is -2.37. The van der Waals surface area contributed by atoms with Gasteiger partial charge in [0.1, 0.15) is 11.5 Å². The van der Waals surface area contributed by atoms with Crippen molar-refractivity contribution in [1.82, 2.24) is 21.0 Å². The van der Waals surface area contributed by atoms with Crippen LogP contribution >= 0.6 is 0 Å². The summed E-state index contributed by atoms with van der Waals surface area (Å²) < 4.78 is 10.5. The molecule has 1 aromatic carbocycles. The van der Waals surface area contributed by atoms with Gasteiger partial charge >= 0.3 is 11.8 Å². The molecule has 0 bridgehead atoms. The van der Waals surface area contributed by atoms with Gasteiger partial charge in [0.25, 0.3) is 5.91 Å². The van der Waals surface area contributed by atoms with Crippen molar-refractivity contribution in [2.75, 3.05) is 6.61 Å². The maximum atomic E-state index is 11.8. The first-order chi connectivity index (χ1) is 15.6. The third-order valence-electron chi connectivity index (χ3n) is 4.08. The summed E-state index contributed by atoms with van der Waals surface area (Å²) in [5, 5.41) is 8.93. The highest BCUT2D eigenvalue weighted by Crippen LogP contribution is 2.11. The lowest BCUT2D eigenvalue weighted by atomic mass is 10.2. The first kappa shape index (κ1) is 22.2. The Labute approximate surface area is 183 Å². The molecule has 3 amide bonds. The number of nitrogens with one attached hydrogen (secondary N) is 3. The second-order valence-electron chi connectivity index (χ2n) is 6.45. The van der Waals surface area contributed by atoms with Gasteiger partial charge < -0.3 is 19.8 Å². The minimum Gasteiger partial charge on any atom is -0.484 e. The van der Waals surface area contributed by atoms with Crippen LogP contribution in [0.5, 0.6) is 5.75 Å². The molecule has 2 heterocycles. The van der Waals surface area contributed by atoms with Gasteiger partial charge in [-0.15, -0.1) is 0 Å². The molecule has 0 saturated carbocycles. The van der Waals surface area contributed by atoms with Crippen molar-refractivity contribution in [2.45, 2.75) is 13.1 Å². The van der Waals surface area contributed by atoms with Crippen molar-refractivity contribution >= 4 is 23.9 Å². The molecule has 0 aliphatic rings. The Kier molecular flexibility index (Phi) is 8.09. The molecule has 32 heavy (non-hydrogen) atoms. The van der Waals surface area contributed by atoms with E-state index in [2.05, 4.69) is 26.1 Å². The topological polar surface area (TPSA) is 135 Å². The fourth-order valence-electron chi connectivity index (χ4n) is 2.43. The average Bonchev–Trinajstić information content (AvgIpc) is 3.35. The number of pyridine rings is 1. The van der Waals surface area contributed by atoms with E-state index < -0.39 is 11.8 Å². The third kappa shape index (κ3) is 7.41. The van der Waals surface area contributed by atoms with Gasteiger partial charge in [-0.3, -0.25) is 19.4 Å². The van der Waals surface area contributed by atoms with E-state index in [9.17, 15) is 14.4 Å². The fraction of sp³-hybridized carbons (Fsp3) is 0.136. The number of hydrogen-bond donors (Lipinski definition) is 3. The van der Waals surface area contributed by atoms with Crippen LogP contribution in [0.25, 0.3) is 0 Å². The summed E-state index contributed by atoms with van der Waals surface area (Å²) in [5.74, 6) is -0.809. The second-order valence-corrected chi connectivity index (χ2v) is 6.45. The molecule has 3 rings (SSSR count). The average molecular weight is 435 g/mol. The Bertz CT molecular complexity index is 1050. The minimum absolute atomic E-state index is 0.140. The van der Waals surface area contributed by atoms with E-state index in [0.29, 0.717) is 17.1 Å². The molecule has 0 aliphatic carbocycles. The molecule has 10 heteroatoms. The zero-order valence-corrected chi connectivity index (χ0v) is 17.0. The first-order valence-corrected chi connectivity index (χ1v) is 9.62. The molecule has 0 radical (unpaired) electrons. The number of rotatable bonds is 9. The first-order valence-electron chi connectivity index (χ1n) is 9.62. The highest BCUT2D eigenvalue weighted by atomic mass is 16.5. The number of nitrogens with zero attached hydrogens (tertiary/aromatic N) is 2. The maximum Gasteiger partial charge on any atom is 0.329 e. The molecule has 3 N–H and O–H groups in total. The SMILES string of the molecule is O=C(COc1ccc(/C=N\NC(=O)C(=O)NCc2ccncc2)cc1)NCc1ccco1. The van der Waals surface area contributed by atoms with Gasteiger partial charge in [0.15, 0.2) is 6.61 Å². The Morgan fingerprint density at radius 2 is 1.75 bits per heavy atom. The second kappa shape index (κ2) is 11.6. The number of carbonyl (C=O) groups excluding carboxylic acids is 3. The van der Waals surface area contributed by atoms with Crippen LogP contribution in [-0.4, -0.2) is 35.5 Å². The summed E-state index contributed by atoms with van der Waals surface area (Å²) in [4.78, 5) is 39.2. The van der Waals surface area contributed by atoms with Gasteiger partial charge in [-0.1, -0.05) is 0 Å². The summed E-state index contributed by atoms with van der Waals surface area (Å²) in [6, 6.07) is 13.7. The number of carbonyl (C=O) groups is 3. The monoisotopic (exact) mass is 435 g/mol. The van der Waals surface area contributed by atoms with E-state index >= 15 is 0 Å². The van der Waals surface area contributed by atoms with E-state index in [0.717, 1.165) is 5.56 Å². The van der Waals surface area contributed by atoms with Crippen molar-refractivity contribution in [2.24, 2.45) is 5.10 Å². The standard InChI is InChI=1S/C22H21N5O5/c28-20(24-14-19-2-1-11-31-19)15-32-18-5-3-16(4-6-18)13-26-27-22(30)21(29)25-12-17-7-9-23-10-8-17/h1-11,13H,12,14-15H2,(H,24,28)(H,25,29)(H,27,30)/b26-13-. The molecule has 10 nitrogen and oxygen atoms in total. The molecule has 0 atom stereocenters. The number of benzene rings is 1. The Hall–Kier alpha value is -4.47. The van der Waals surface area contributed by atoms with Crippen LogP contribution in [-0.2, 0) is 27.5 Å². The highest BCUT2D eigenvalue weighted by molar-refractivity contribution is 6.35. The molecule has 0 fully saturated rings. The van der Waals surface area contributed by atoms with Crippen molar-refractivity contribution in [3.8, 4) is 5.75 Å². The van der Waals surface area contributed by atoms with Crippen LogP contribution in [0.2, 0.25) is 0 Å². The van der Waals surface area contributed by atoms with Gasteiger partial charge in [0.2, 0.25) is 0 Å². The van der Waals surface area contributed by atoms with E-state index in [1.54, 1.807) is 60.9 Å². The lowest BCUT2D eigenvalue weighted by molar-refractivity contribution is -0.139. The molecule has 0 aliphatic heterocycles. The van der Waals surface area contributed by atoms with Gasteiger partial charge in [-0.25, -0.2) is 5.43 Å². The van der Waals surface area contributed by atoms with E-state index in [1.807, 2.05) is 0 Å². The van der Waals surface area contributed by atoms with E-state index in [4.69, 9.17) is 9.15 Å². The molecular weight excluding hydrogens is 414 g/mol. The minimum atomic E-state index is -0.879. The van der Waals surface area contributed by atoms with Crippen molar-refractivity contribution < 1.29 is 23.5 Å². The van der Waals surface area contributed by atoms with Crippen LogP contribution in [0.1, 0.15) is 16.9 Å². The van der Waals surface area contributed by atoms with Crippen LogP contribution in [0.3, 0.4) is 0 Å². The smallest absolute Gasteiger partial charge is 0.329 e. The molecule has 0 spiro atoms. The van der Waals surface area contributed by atoms with Crippen molar-refractivity contribution in [3.05, 3.63) is 84.1 Å². The molecule has 3 aromatic rings. The van der Waals surface area contributed by atoms with Gasteiger partial charge in [-0.05, 0) is 59.7 Å². The normalized spacial score (nSPS) is 10.5. The van der Waals surface area contributed by atoms with Crippen LogP contribution in [0, 0.1) is 0 Å². The Morgan fingerprint density at radius 1 is 0.969 bits per heavy atom. The quantitative estimate of drug-likeness (QED) is 0.262. The largest absolute Gasteiger partial charge is 0.484 e.